The van der Waals surface area contributed by atoms with Crippen LogP contribution in [0.2, 0.25) is 0 Å². The standard InChI is InChI=1S/C32H39N3O5.C31H38N2O6.C30H38N4O5/c36-31(37)9-2-1-5-22-40-30-8-4-3-7-29(30)25-35(19-6-18-34-20-23-39-24-21-34)32(38)28-12-10-26(11-13-28)27-14-16-33-17-15-27;34-30(35)11-2-1-5-20-38-29-9-4-3-8-27(29)24-33(17-7-16-32-18-22-37-23-19-32)31(36)26-14-12-25(13-15-26)28-10-6-21-39-28;35-29(36)9-2-1-5-18-39-28-8-4-3-7-26(28)23-34(15-6-14-33-16-19-38-20-17-33)30(37)25-12-10-24(11-13-25)27-21-31-32-22-27/h3-4,7-8,10-17H,1-2,5-6,9,18-25H2,(H,36,37);3-4,6,8-10,12-15,21H,1-2,5,7,11,16-20,22-24H2,(H,34,35);3-4,7-8,10-13,21-22H,1-2,5-6,9,14-20,23H2,(H,31,32)(H,35,36)/i25D;24D;23D. The molecule has 4 N–H and O–H groups in total. The molecule has 3 amide bonds. The minimum atomic E-state index is -0.954. The van der Waals surface area contributed by atoms with Gasteiger partial charge in [0, 0.05) is 180 Å². The number of ether oxygens (including phenoxy) is 6. The highest BCUT2D eigenvalue weighted by Crippen LogP contribution is 2.29. The summed E-state index contributed by atoms with van der Waals surface area (Å²) in [7, 11) is 0. The zero-order chi connectivity index (χ0) is 85.2. The van der Waals surface area contributed by atoms with Gasteiger partial charge in [-0.15, -0.1) is 0 Å². The lowest BCUT2D eigenvalue weighted by molar-refractivity contribution is -0.138. The molecule has 628 valence electrons. The van der Waals surface area contributed by atoms with Crippen molar-refractivity contribution in [2.24, 2.45) is 0 Å². The van der Waals surface area contributed by atoms with Gasteiger partial charge in [0.1, 0.15) is 23.0 Å². The number of aromatic nitrogens is 3. The Bertz CT molecular complexity index is 4350. The van der Waals surface area contributed by atoms with E-state index in [4.69, 9.17) is 48.2 Å². The molecule has 3 aliphatic rings. The lowest BCUT2D eigenvalue weighted by Gasteiger charge is -2.29. The van der Waals surface area contributed by atoms with Gasteiger partial charge in [0.15, 0.2) is 0 Å². The van der Waals surface area contributed by atoms with Crippen LogP contribution in [0.25, 0.3) is 33.6 Å². The van der Waals surface area contributed by atoms with Crippen LogP contribution in [0.15, 0.2) is 205 Å². The zero-order valence-corrected chi connectivity index (χ0v) is 67.5. The van der Waals surface area contributed by atoms with Gasteiger partial charge in [-0.3, -0.25) is 53.5 Å². The largest absolute Gasteiger partial charge is 0.493 e. The summed E-state index contributed by atoms with van der Waals surface area (Å²) in [4.78, 5) is 89.6. The lowest BCUT2D eigenvalue weighted by atomic mass is 10.0. The molecule has 12 rings (SSSR count). The number of morpholine rings is 3. The number of carbonyl (C=O) groups is 6. The van der Waals surface area contributed by atoms with Crippen molar-refractivity contribution in [1.29, 1.82) is 0 Å². The van der Waals surface area contributed by atoms with E-state index in [1.165, 1.54) is 0 Å². The summed E-state index contributed by atoms with van der Waals surface area (Å²) < 4.78 is 67.5. The van der Waals surface area contributed by atoms with Crippen LogP contribution in [0.4, 0.5) is 0 Å². The van der Waals surface area contributed by atoms with Crippen LogP contribution in [0.5, 0.6) is 17.2 Å². The number of pyridine rings is 1. The summed E-state index contributed by atoms with van der Waals surface area (Å²) in [5, 5.41) is 33.3. The van der Waals surface area contributed by atoms with Gasteiger partial charge in [0.2, 0.25) is 0 Å². The van der Waals surface area contributed by atoms with E-state index in [1.807, 2.05) is 146 Å². The average Bonchev–Trinajstić information content (AvgIpc) is 1.16. The van der Waals surface area contributed by atoms with Crippen LogP contribution in [0.3, 0.4) is 0 Å². The van der Waals surface area contributed by atoms with Gasteiger partial charge < -0.3 is 62.9 Å². The van der Waals surface area contributed by atoms with Gasteiger partial charge in [0.05, 0.1) is 76.0 Å². The molecule has 9 aromatic rings. The third-order valence-corrected chi connectivity index (χ3v) is 20.3. The molecule has 3 atom stereocenters. The van der Waals surface area contributed by atoms with Gasteiger partial charge in [-0.2, -0.15) is 5.10 Å². The number of unbranched alkanes of at least 4 members (excludes halogenated alkanes) is 6. The molecule has 118 heavy (non-hydrogen) atoms. The Labute approximate surface area is 697 Å². The topological polar surface area (TPSA) is 293 Å². The summed E-state index contributed by atoms with van der Waals surface area (Å²) in [5.41, 5.74) is 8.23. The van der Waals surface area contributed by atoms with Gasteiger partial charge in [-0.05, 0) is 173 Å². The molecule has 0 spiro atoms. The molecular weight excluding hydrogens is 1500 g/mol. The van der Waals surface area contributed by atoms with Crippen molar-refractivity contribution in [2.75, 3.05) is 138 Å². The van der Waals surface area contributed by atoms with E-state index < -0.39 is 37.5 Å². The number of nitrogens with zero attached hydrogens (tertiary/aromatic N) is 8. The van der Waals surface area contributed by atoms with E-state index in [9.17, 15) is 32.9 Å². The average molecular weight is 1620 g/mol. The van der Waals surface area contributed by atoms with Crippen LogP contribution in [-0.2, 0) is 48.2 Å². The molecule has 6 heterocycles. The maximum atomic E-state index is 13.9. The van der Waals surface area contributed by atoms with Crippen LogP contribution in [-0.4, -0.2) is 234 Å². The number of furan rings is 1. The first-order valence-electron chi connectivity index (χ1n) is 43.0. The molecule has 25 nitrogen and oxygen atoms in total. The summed E-state index contributed by atoms with van der Waals surface area (Å²) in [6.07, 6.45) is 17.5. The number of para-hydroxylation sites is 3. The number of rotatable bonds is 45. The minimum absolute atomic E-state index is 0.148. The molecule has 3 unspecified atom stereocenters. The molecule has 3 aromatic heterocycles. The lowest BCUT2D eigenvalue weighted by Crippen LogP contribution is -2.39. The summed E-state index contributed by atoms with van der Waals surface area (Å²) >= 11 is 0. The second-order valence-electron chi connectivity index (χ2n) is 29.0. The molecule has 0 saturated carbocycles. The van der Waals surface area contributed by atoms with Gasteiger partial charge in [-0.1, -0.05) is 91.0 Å². The molecule has 0 radical (unpaired) electrons. The Hall–Kier alpha value is -11.1. The van der Waals surface area contributed by atoms with Gasteiger partial charge >= 0.3 is 17.9 Å². The number of carboxylic acids is 3. The third-order valence-electron chi connectivity index (χ3n) is 20.3. The van der Waals surface area contributed by atoms with Crippen LogP contribution < -0.4 is 14.2 Å². The Morgan fingerprint density at radius 1 is 0.390 bits per heavy atom. The van der Waals surface area contributed by atoms with Crippen LogP contribution in [0.1, 0.15) is 148 Å². The van der Waals surface area contributed by atoms with Gasteiger partial charge in [0.25, 0.3) is 17.7 Å². The number of benzene rings is 6. The smallest absolute Gasteiger partial charge is 0.303 e. The van der Waals surface area contributed by atoms with Crippen LogP contribution >= 0.6 is 0 Å². The Kier molecular flexibility index (Phi) is 36.3. The monoisotopic (exact) mass is 1620 g/mol. The fourth-order valence-electron chi connectivity index (χ4n) is 13.7. The third kappa shape index (κ3) is 31.1. The van der Waals surface area contributed by atoms with E-state index in [0.717, 1.165) is 144 Å². The van der Waals surface area contributed by atoms with Crippen LogP contribution in [0, 0.1) is 0 Å². The molecule has 0 aliphatic carbocycles. The number of H-pyrrole nitrogens is 1. The predicted octanol–water partition coefficient (Wildman–Crippen LogP) is 14.9. The number of hydrogen-bond acceptors (Lipinski definition) is 18. The Morgan fingerprint density at radius 3 is 1.06 bits per heavy atom. The second kappa shape index (κ2) is 50.5. The van der Waals surface area contributed by atoms with E-state index in [0.29, 0.717) is 155 Å². The maximum Gasteiger partial charge on any atom is 0.303 e. The fourth-order valence-corrected chi connectivity index (χ4v) is 13.7. The predicted molar refractivity (Wildman–Crippen MR) is 452 cm³/mol. The van der Waals surface area contributed by atoms with Crippen molar-refractivity contribution in [3.63, 3.8) is 0 Å². The van der Waals surface area contributed by atoms with Gasteiger partial charge in [-0.25, -0.2) is 0 Å². The molecule has 0 bridgehead atoms. The quantitative estimate of drug-likeness (QED) is 0.0258. The van der Waals surface area contributed by atoms with Crippen molar-refractivity contribution in [1.82, 2.24) is 44.6 Å². The summed E-state index contributed by atoms with van der Waals surface area (Å²) in [6, 6.07) is 51.8. The first-order valence-corrected chi connectivity index (χ1v) is 41.2. The normalized spacial score (nSPS) is 14.9. The number of hydrogen-bond donors (Lipinski definition) is 4. The number of carbonyl (C=O) groups excluding carboxylic acids is 3. The molecule has 3 saturated heterocycles. The first-order chi connectivity index (χ1) is 59.1. The number of nitrogens with one attached hydrogen (secondary N) is 1. The van der Waals surface area contributed by atoms with Crippen molar-refractivity contribution < 1.29 is 81.0 Å². The molecular formula is C93H115N9O16. The van der Waals surface area contributed by atoms with Crippen molar-refractivity contribution in [3.05, 3.63) is 234 Å². The van der Waals surface area contributed by atoms with E-state index in [-0.39, 0.29) is 37.0 Å². The summed E-state index contributed by atoms with van der Waals surface area (Å²) in [5.74, 6) is -0.549. The highest BCUT2D eigenvalue weighted by atomic mass is 16.5. The second-order valence-corrected chi connectivity index (χ2v) is 29.0. The maximum absolute atomic E-state index is 13.9. The van der Waals surface area contributed by atoms with E-state index in [2.05, 4.69) is 29.9 Å². The van der Waals surface area contributed by atoms with E-state index in [1.54, 1.807) is 70.0 Å². The highest BCUT2D eigenvalue weighted by molar-refractivity contribution is 5.96. The number of carboxylic acid groups (broad SMARTS) is 3. The fraction of sp³-hybridized carbons (Fsp3) is 0.419. The Balaban J connectivity index is 0.000000190. The zero-order valence-electron chi connectivity index (χ0n) is 70.5. The molecule has 25 heteroatoms. The molecule has 6 aromatic carbocycles. The minimum Gasteiger partial charge on any atom is -0.493 e. The molecule has 3 fully saturated rings. The van der Waals surface area contributed by atoms with Crippen molar-refractivity contribution in [2.45, 2.75) is 116 Å². The van der Waals surface area contributed by atoms with Crippen molar-refractivity contribution in [3.8, 4) is 50.8 Å². The van der Waals surface area contributed by atoms with E-state index >= 15 is 0 Å². The summed E-state index contributed by atoms with van der Waals surface area (Å²) in [6.45, 7) is 11.7. The Morgan fingerprint density at radius 2 is 0.729 bits per heavy atom. The number of amides is 3. The van der Waals surface area contributed by atoms with Crippen molar-refractivity contribution >= 4 is 35.6 Å². The highest BCUT2D eigenvalue weighted by Gasteiger charge is 2.24. The number of aromatic amines is 1. The molecule has 3 aliphatic heterocycles. The SMILES string of the molecule is [2H]C(c1ccccc1OCCCCCC(=O)O)N(CCCN1CCOCC1)C(=O)c1ccc(-c2ccco2)cc1.[2H]C(c1ccccc1OCCCCCC(=O)O)N(CCCN1CCOCC1)C(=O)c1ccc(-c2ccncc2)cc1.[2H]C(c1ccccc1OCCCCCC(=O)O)N(CCCN1CCOCC1)C(=O)c1ccc(-c2cn[nH]c2)cc1. The first kappa shape index (κ1) is 84.8. The number of aliphatic carboxylic acids is 3.